The first-order valence-corrected chi connectivity index (χ1v) is 9.09. The van der Waals surface area contributed by atoms with Crippen molar-refractivity contribution >= 4 is 11.9 Å². The van der Waals surface area contributed by atoms with Crippen LogP contribution in [0, 0.1) is 17.3 Å². The van der Waals surface area contributed by atoms with E-state index in [-0.39, 0.29) is 11.8 Å². The number of carbonyl (C=O) groups excluding carboxylic acids is 1. The number of carboxylic acid groups (broad SMARTS) is 1. The van der Waals surface area contributed by atoms with Crippen molar-refractivity contribution < 1.29 is 14.7 Å². The van der Waals surface area contributed by atoms with Crippen molar-refractivity contribution in [1.29, 1.82) is 0 Å². The molecule has 1 amide bonds. The van der Waals surface area contributed by atoms with Gasteiger partial charge in [-0.05, 0) is 23.5 Å². The Balaban J connectivity index is 1.66. The third-order valence-corrected chi connectivity index (χ3v) is 5.62. The van der Waals surface area contributed by atoms with E-state index in [1.165, 1.54) is 18.1 Å². The molecule has 0 spiro atoms. The Labute approximate surface area is 149 Å². The second-order valence-corrected chi connectivity index (χ2v) is 8.14. The Morgan fingerprint density at radius 3 is 2.32 bits per heavy atom. The number of likely N-dealkylation sites (tertiary alicyclic amines) is 2. The van der Waals surface area contributed by atoms with Crippen molar-refractivity contribution in [1.82, 2.24) is 9.80 Å². The number of nitrogens with zero attached hydrogens (tertiary/aromatic N) is 2. The van der Waals surface area contributed by atoms with Crippen LogP contribution in [0.3, 0.4) is 0 Å². The van der Waals surface area contributed by atoms with Crippen molar-refractivity contribution in [3.63, 3.8) is 0 Å². The average Bonchev–Trinajstić information content (AvgIpc) is 3.03. The Kier molecular flexibility index (Phi) is 4.87. The first-order chi connectivity index (χ1) is 11.8. The fraction of sp³-hybridized carbons (Fsp3) is 0.600. The molecule has 25 heavy (non-hydrogen) atoms. The van der Waals surface area contributed by atoms with Gasteiger partial charge in [-0.3, -0.25) is 14.5 Å². The third kappa shape index (κ3) is 3.56. The van der Waals surface area contributed by atoms with Crippen molar-refractivity contribution in [3.05, 3.63) is 35.4 Å². The summed E-state index contributed by atoms with van der Waals surface area (Å²) in [5, 5.41) is 9.81. The lowest BCUT2D eigenvalue weighted by molar-refractivity contribution is -0.149. The van der Waals surface area contributed by atoms with Crippen molar-refractivity contribution in [2.24, 2.45) is 17.3 Å². The zero-order chi connectivity index (χ0) is 18.2. The van der Waals surface area contributed by atoms with Crippen LogP contribution < -0.4 is 0 Å². The Morgan fingerprint density at radius 2 is 1.80 bits per heavy atom. The van der Waals surface area contributed by atoms with Gasteiger partial charge in [0, 0.05) is 45.6 Å². The molecule has 1 aromatic carbocycles. The molecule has 0 aromatic heterocycles. The van der Waals surface area contributed by atoms with Gasteiger partial charge >= 0.3 is 5.97 Å². The van der Waals surface area contributed by atoms with E-state index < -0.39 is 11.4 Å². The van der Waals surface area contributed by atoms with Crippen LogP contribution in [0.1, 0.15) is 31.9 Å². The topological polar surface area (TPSA) is 60.9 Å². The van der Waals surface area contributed by atoms with E-state index in [0.29, 0.717) is 25.6 Å². The Morgan fingerprint density at radius 1 is 1.16 bits per heavy atom. The van der Waals surface area contributed by atoms with Gasteiger partial charge in [-0.2, -0.15) is 0 Å². The summed E-state index contributed by atoms with van der Waals surface area (Å²) < 4.78 is 0. The largest absolute Gasteiger partial charge is 0.481 e. The smallest absolute Gasteiger partial charge is 0.313 e. The van der Waals surface area contributed by atoms with Crippen LogP contribution in [0.2, 0.25) is 0 Å². The number of carboxylic acids is 1. The molecular weight excluding hydrogens is 316 g/mol. The molecule has 2 aliphatic rings. The summed E-state index contributed by atoms with van der Waals surface area (Å²) in [4.78, 5) is 27.5. The second-order valence-electron chi connectivity index (χ2n) is 8.14. The molecule has 0 radical (unpaired) electrons. The number of rotatable bonds is 5. The normalized spacial score (nSPS) is 26.2. The monoisotopic (exact) mass is 344 g/mol. The van der Waals surface area contributed by atoms with E-state index >= 15 is 0 Å². The van der Waals surface area contributed by atoms with E-state index in [9.17, 15) is 14.7 Å². The molecule has 1 aromatic rings. The lowest BCUT2D eigenvalue weighted by atomic mass is 9.81. The minimum atomic E-state index is -0.802. The average molecular weight is 344 g/mol. The molecule has 5 heteroatoms. The maximum Gasteiger partial charge on any atom is 0.313 e. The zero-order valence-corrected chi connectivity index (χ0v) is 15.4. The Hall–Kier alpha value is -1.88. The van der Waals surface area contributed by atoms with Crippen LogP contribution in [0.25, 0.3) is 0 Å². The van der Waals surface area contributed by atoms with Crippen LogP contribution >= 0.6 is 0 Å². The van der Waals surface area contributed by atoms with Gasteiger partial charge in [0.1, 0.15) is 5.41 Å². The molecule has 0 aliphatic carbocycles. The summed E-state index contributed by atoms with van der Waals surface area (Å²) in [5.74, 6) is -0.129. The van der Waals surface area contributed by atoms with E-state index in [1.807, 2.05) is 0 Å². The number of amides is 1. The molecular formula is C20H28N2O3. The van der Waals surface area contributed by atoms with E-state index in [0.717, 1.165) is 19.5 Å². The van der Waals surface area contributed by atoms with E-state index in [4.69, 9.17) is 0 Å². The van der Waals surface area contributed by atoms with Crippen molar-refractivity contribution in [3.8, 4) is 0 Å². The summed E-state index contributed by atoms with van der Waals surface area (Å²) in [6, 6.07) is 8.66. The molecule has 3 rings (SSSR count). The lowest BCUT2D eigenvalue weighted by Gasteiger charge is -2.25. The van der Waals surface area contributed by atoms with Gasteiger partial charge in [-0.1, -0.05) is 38.1 Å². The predicted molar refractivity (Wildman–Crippen MR) is 96.1 cm³/mol. The highest BCUT2D eigenvalue weighted by Crippen LogP contribution is 2.43. The molecule has 2 saturated heterocycles. The number of fused-ring (bicyclic) bond motifs is 1. The molecule has 0 unspecified atom stereocenters. The van der Waals surface area contributed by atoms with Crippen LogP contribution in [0.15, 0.2) is 24.3 Å². The standard InChI is InChI=1S/C20H28N2O3/c1-14(2)8-16-4-6-17(7-5-16)9-21-10-18-11-22(15(3)23)13-20(18,12-21)19(24)25/h4-7,14,18H,8-13H2,1-3H3,(H,24,25)/t18-,20-/m0/s1. The number of hydrogen-bond acceptors (Lipinski definition) is 3. The molecule has 0 saturated carbocycles. The third-order valence-electron chi connectivity index (χ3n) is 5.62. The fourth-order valence-corrected chi connectivity index (χ4v) is 4.34. The number of benzene rings is 1. The molecule has 0 bridgehead atoms. The minimum Gasteiger partial charge on any atom is -0.481 e. The predicted octanol–water partition coefficient (Wildman–Crippen LogP) is 2.25. The van der Waals surface area contributed by atoms with Gasteiger partial charge in [-0.15, -0.1) is 0 Å². The van der Waals surface area contributed by atoms with Crippen LogP contribution in [-0.2, 0) is 22.6 Å². The van der Waals surface area contributed by atoms with E-state index in [2.05, 4.69) is 43.0 Å². The van der Waals surface area contributed by atoms with Crippen LogP contribution in [0.4, 0.5) is 0 Å². The highest BCUT2D eigenvalue weighted by atomic mass is 16.4. The zero-order valence-electron chi connectivity index (χ0n) is 15.4. The van der Waals surface area contributed by atoms with Gasteiger partial charge in [-0.25, -0.2) is 0 Å². The summed E-state index contributed by atoms with van der Waals surface area (Å²) >= 11 is 0. The highest BCUT2D eigenvalue weighted by molar-refractivity contribution is 5.80. The van der Waals surface area contributed by atoms with E-state index in [1.54, 1.807) is 4.90 Å². The summed E-state index contributed by atoms with van der Waals surface area (Å²) in [6.45, 7) is 8.88. The lowest BCUT2D eigenvalue weighted by Crippen LogP contribution is -2.41. The summed E-state index contributed by atoms with van der Waals surface area (Å²) in [5.41, 5.74) is 1.76. The Bertz CT molecular complexity index is 655. The molecule has 2 heterocycles. The van der Waals surface area contributed by atoms with Gasteiger partial charge in [0.15, 0.2) is 0 Å². The molecule has 5 nitrogen and oxygen atoms in total. The first kappa shape index (κ1) is 17.9. The molecule has 1 N–H and O–H groups in total. The maximum absolute atomic E-state index is 12.0. The van der Waals surface area contributed by atoms with Crippen LogP contribution in [0.5, 0.6) is 0 Å². The SMILES string of the molecule is CC(=O)N1C[C@@H]2CN(Cc3ccc(CC(C)C)cc3)C[C@]2(C(=O)O)C1. The molecule has 2 aliphatic heterocycles. The number of aliphatic carboxylic acids is 1. The van der Waals surface area contributed by atoms with Gasteiger partial charge in [0.05, 0.1) is 0 Å². The first-order valence-electron chi connectivity index (χ1n) is 9.09. The summed E-state index contributed by atoms with van der Waals surface area (Å²) in [7, 11) is 0. The number of carbonyl (C=O) groups is 2. The fourth-order valence-electron chi connectivity index (χ4n) is 4.34. The molecule has 136 valence electrons. The second kappa shape index (κ2) is 6.79. The molecule has 2 fully saturated rings. The quantitative estimate of drug-likeness (QED) is 0.890. The van der Waals surface area contributed by atoms with Gasteiger partial charge in [0.2, 0.25) is 5.91 Å². The number of hydrogen-bond donors (Lipinski definition) is 1. The minimum absolute atomic E-state index is 0.0223. The van der Waals surface area contributed by atoms with Crippen molar-refractivity contribution in [2.75, 3.05) is 26.2 Å². The highest BCUT2D eigenvalue weighted by Gasteiger charge is 2.57. The van der Waals surface area contributed by atoms with Crippen LogP contribution in [-0.4, -0.2) is 53.0 Å². The maximum atomic E-state index is 12.0. The van der Waals surface area contributed by atoms with Gasteiger partial charge in [0.25, 0.3) is 0 Å². The summed E-state index contributed by atoms with van der Waals surface area (Å²) in [6.07, 6.45) is 1.08. The van der Waals surface area contributed by atoms with Gasteiger partial charge < -0.3 is 10.0 Å². The molecule has 2 atom stereocenters. The van der Waals surface area contributed by atoms with Crippen molar-refractivity contribution in [2.45, 2.75) is 33.7 Å².